The van der Waals surface area contributed by atoms with Crippen molar-refractivity contribution in [3.8, 4) is 0 Å². The number of hydrogen-bond donors (Lipinski definition) is 0. The highest BCUT2D eigenvalue weighted by Gasteiger charge is 2.31. The molecule has 0 N–H and O–H groups in total. The molecule has 0 aliphatic carbocycles. The Bertz CT molecular complexity index is 993. The fourth-order valence-electron chi connectivity index (χ4n) is 2.12. The normalized spacial score (nSPS) is 15.8. The van der Waals surface area contributed by atoms with E-state index in [-0.39, 0.29) is 27.7 Å². The molecule has 1 unspecified atom stereocenters. The lowest BCUT2D eigenvalue weighted by molar-refractivity contribution is -0.391. The molecule has 0 saturated heterocycles. The molecule has 0 spiro atoms. The topological polar surface area (TPSA) is 138 Å². The third-order valence-electron chi connectivity index (χ3n) is 3.21. The van der Waals surface area contributed by atoms with E-state index in [1.165, 1.54) is 29.3 Å². The Kier molecular flexibility index (Phi) is 3.09. The van der Waals surface area contributed by atoms with Crippen LogP contribution in [0.15, 0.2) is 22.5 Å². The number of aromatic nitrogens is 4. The minimum Gasteiger partial charge on any atom is -0.358 e. The number of imidazole rings is 1. The first-order chi connectivity index (χ1) is 10.4. The molecule has 0 saturated carbocycles. The Hall–Kier alpha value is -2.89. The predicted octanol–water partition coefficient (Wildman–Crippen LogP) is 0.889. The number of nitro groups is 1. The van der Waals surface area contributed by atoms with Gasteiger partial charge in [0.15, 0.2) is 5.82 Å². The van der Waals surface area contributed by atoms with Crippen LogP contribution in [-0.4, -0.2) is 32.7 Å². The molecule has 0 aromatic carbocycles. The zero-order valence-corrected chi connectivity index (χ0v) is 12.2. The molecule has 0 bridgehead atoms. The highest BCUT2D eigenvalue weighted by atomic mass is 32.2. The number of aryl methyl sites for hydroxylation is 1. The molecule has 1 aliphatic heterocycles. The van der Waals surface area contributed by atoms with E-state index < -0.39 is 21.4 Å². The van der Waals surface area contributed by atoms with E-state index in [1.54, 1.807) is 0 Å². The summed E-state index contributed by atoms with van der Waals surface area (Å²) in [5.41, 5.74) is 0.276. The van der Waals surface area contributed by atoms with E-state index in [9.17, 15) is 18.5 Å². The molecule has 0 radical (unpaired) electrons. The van der Waals surface area contributed by atoms with Gasteiger partial charge in [-0.2, -0.15) is 13.5 Å². The first-order valence-electron chi connectivity index (χ1n) is 5.99. The van der Waals surface area contributed by atoms with Crippen LogP contribution in [0.5, 0.6) is 0 Å². The van der Waals surface area contributed by atoms with Crippen molar-refractivity contribution in [2.24, 2.45) is 17.3 Å². The molecular formula is C10H9N7O4S. The van der Waals surface area contributed by atoms with Crippen LogP contribution >= 0.6 is 0 Å². The predicted molar refractivity (Wildman–Crippen MR) is 71.6 cm³/mol. The maximum Gasteiger partial charge on any atom is 0.342 e. The average Bonchev–Trinajstić information content (AvgIpc) is 3.00. The van der Waals surface area contributed by atoms with E-state index in [2.05, 4.69) is 20.3 Å². The third kappa shape index (κ3) is 2.00. The summed E-state index contributed by atoms with van der Waals surface area (Å²) in [6.45, 7) is 1.54. The number of hydrogen-bond acceptors (Lipinski definition) is 8. The fraction of sp³-hybridized carbons (Fsp3) is 0.300. The lowest BCUT2D eigenvalue weighted by Gasteiger charge is -2.08. The van der Waals surface area contributed by atoms with Gasteiger partial charge in [-0.15, -0.1) is 10.2 Å². The standard InChI is InChI=1S/C10H9N7O4S/c1-5-6(22(20)21)3-7-12-13-10(16(7)14-5)9-11-4-8(15(9)2)17(18)19/h3-4,10H,1-2H3. The largest absolute Gasteiger partial charge is 0.358 e. The van der Waals surface area contributed by atoms with Gasteiger partial charge in [-0.3, -0.25) is 0 Å². The SMILES string of the molecule is Cc1nn2c(cc1=S(=O)=O)N=NC2c1ncc([N+](=O)[O-])n1C. The zero-order valence-electron chi connectivity index (χ0n) is 11.4. The molecule has 0 amide bonds. The van der Waals surface area contributed by atoms with E-state index in [0.717, 1.165) is 6.20 Å². The molecular weight excluding hydrogens is 314 g/mol. The molecule has 22 heavy (non-hydrogen) atoms. The summed E-state index contributed by atoms with van der Waals surface area (Å²) in [5, 5.41) is 22.8. The summed E-state index contributed by atoms with van der Waals surface area (Å²) in [4.78, 5) is 14.3. The molecule has 1 aliphatic rings. The Balaban J connectivity index is 2.18. The van der Waals surface area contributed by atoms with Gasteiger partial charge in [-0.1, -0.05) is 0 Å². The van der Waals surface area contributed by atoms with Gasteiger partial charge in [0.05, 0.1) is 12.7 Å². The van der Waals surface area contributed by atoms with Gasteiger partial charge in [0.2, 0.25) is 22.3 Å². The maximum absolute atomic E-state index is 11.1. The van der Waals surface area contributed by atoms with Crippen LogP contribution in [0.25, 0.3) is 0 Å². The Morgan fingerprint density at radius 1 is 1.41 bits per heavy atom. The summed E-state index contributed by atoms with van der Waals surface area (Å²) in [7, 11) is -0.944. The lowest BCUT2D eigenvalue weighted by atomic mass is 10.4. The summed E-state index contributed by atoms with van der Waals surface area (Å²) in [6.07, 6.45) is 0.346. The lowest BCUT2D eigenvalue weighted by Crippen LogP contribution is -2.15. The van der Waals surface area contributed by atoms with Gasteiger partial charge in [0.1, 0.15) is 10.7 Å². The second-order valence-corrected chi connectivity index (χ2v) is 5.42. The monoisotopic (exact) mass is 323 g/mol. The van der Waals surface area contributed by atoms with Crippen LogP contribution in [0.2, 0.25) is 0 Å². The molecule has 11 nitrogen and oxygen atoms in total. The van der Waals surface area contributed by atoms with Crippen LogP contribution in [0.1, 0.15) is 17.7 Å². The van der Waals surface area contributed by atoms with Gasteiger partial charge >= 0.3 is 5.82 Å². The van der Waals surface area contributed by atoms with Crippen LogP contribution in [0, 0.1) is 21.5 Å². The molecule has 12 heteroatoms. The van der Waals surface area contributed by atoms with Crippen LogP contribution in [0.3, 0.4) is 0 Å². The molecule has 2 aromatic heterocycles. The minimum absolute atomic E-state index is 0.0247. The first kappa shape index (κ1) is 14.1. The highest BCUT2D eigenvalue weighted by Crippen LogP contribution is 2.32. The quantitative estimate of drug-likeness (QED) is 0.457. The van der Waals surface area contributed by atoms with Crippen molar-refractivity contribution < 1.29 is 13.3 Å². The second kappa shape index (κ2) is 4.84. The second-order valence-electron chi connectivity index (χ2n) is 4.51. The van der Waals surface area contributed by atoms with Crippen molar-refractivity contribution in [1.82, 2.24) is 19.3 Å². The molecule has 1 atom stereocenters. The molecule has 3 rings (SSSR count). The zero-order chi connectivity index (χ0) is 16.0. The van der Waals surface area contributed by atoms with Crippen molar-refractivity contribution in [2.75, 3.05) is 0 Å². The average molecular weight is 323 g/mol. The van der Waals surface area contributed by atoms with E-state index in [4.69, 9.17) is 0 Å². The van der Waals surface area contributed by atoms with E-state index in [0.29, 0.717) is 0 Å². The molecule has 2 aromatic rings. The van der Waals surface area contributed by atoms with Crippen molar-refractivity contribution >= 4 is 21.9 Å². The Morgan fingerprint density at radius 3 is 2.73 bits per heavy atom. The van der Waals surface area contributed by atoms with E-state index >= 15 is 0 Å². The maximum atomic E-state index is 11.1. The van der Waals surface area contributed by atoms with Gasteiger partial charge in [0, 0.05) is 6.07 Å². The smallest absolute Gasteiger partial charge is 0.342 e. The third-order valence-corrected chi connectivity index (χ3v) is 3.98. The number of fused-ring (bicyclic) bond motifs is 1. The minimum atomic E-state index is -2.43. The van der Waals surface area contributed by atoms with Crippen molar-refractivity contribution in [1.29, 1.82) is 0 Å². The number of nitrogens with zero attached hydrogens (tertiary/aromatic N) is 7. The highest BCUT2D eigenvalue weighted by molar-refractivity contribution is 7.63. The molecule has 114 valence electrons. The van der Waals surface area contributed by atoms with Crippen molar-refractivity contribution in [3.63, 3.8) is 0 Å². The number of rotatable bonds is 2. The number of azo groups is 1. The van der Waals surface area contributed by atoms with Crippen LogP contribution in [-0.2, 0) is 17.3 Å². The molecule has 3 heterocycles. The summed E-state index contributed by atoms with van der Waals surface area (Å²) in [5.74, 6) is 0.329. The summed E-state index contributed by atoms with van der Waals surface area (Å²) < 4.78 is 24.9. The Morgan fingerprint density at radius 2 is 2.14 bits per heavy atom. The van der Waals surface area contributed by atoms with E-state index in [1.807, 2.05) is 0 Å². The van der Waals surface area contributed by atoms with Crippen molar-refractivity contribution in [2.45, 2.75) is 13.1 Å². The summed E-state index contributed by atoms with van der Waals surface area (Å²) in [6, 6.07) is 1.34. The first-order valence-corrected chi connectivity index (χ1v) is 7.07. The summed E-state index contributed by atoms with van der Waals surface area (Å²) >= 11 is 0. The fourth-order valence-corrected chi connectivity index (χ4v) is 2.60. The van der Waals surface area contributed by atoms with Gasteiger partial charge < -0.3 is 10.1 Å². The Labute approximate surface area is 124 Å². The van der Waals surface area contributed by atoms with Crippen LogP contribution < -0.4 is 0 Å². The van der Waals surface area contributed by atoms with Gasteiger partial charge in [-0.25, -0.2) is 14.2 Å². The van der Waals surface area contributed by atoms with Crippen molar-refractivity contribution in [3.05, 3.63) is 38.4 Å². The molecule has 0 fully saturated rings. The van der Waals surface area contributed by atoms with Gasteiger partial charge in [0.25, 0.3) is 0 Å². The van der Waals surface area contributed by atoms with Gasteiger partial charge in [-0.05, 0) is 11.8 Å². The van der Waals surface area contributed by atoms with Crippen LogP contribution in [0.4, 0.5) is 11.6 Å².